The van der Waals surface area contributed by atoms with Gasteiger partial charge in [-0.1, -0.05) is 42.5 Å². The molecule has 1 unspecified atom stereocenters. The summed E-state index contributed by atoms with van der Waals surface area (Å²) in [6.07, 6.45) is 10.7. The van der Waals surface area contributed by atoms with E-state index in [4.69, 9.17) is 4.74 Å². The van der Waals surface area contributed by atoms with Gasteiger partial charge >= 0.3 is 0 Å². The van der Waals surface area contributed by atoms with Gasteiger partial charge in [-0.2, -0.15) is 0 Å². The third-order valence-electron chi connectivity index (χ3n) is 7.54. The molecule has 33 heavy (non-hydrogen) atoms. The Morgan fingerprint density at radius 3 is 2.52 bits per heavy atom. The highest BCUT2D eigenvalue weighted by Gasteiger charge is 2.36. The largest absolute Gasteiger partial charge is 0.501 e. The Morgan fingerprint density at radius 1 is 1.00 bits per heavy atom. The molecule has 2 aromatic carbocycles. The first-order valence-corrected chi connectivity index (χ1v) is 12.5. The Labute approximate surface area is 199 Å². The quantitative estimate of drug-likeness (QED) is 0.487. The predicted octanol–water partition coefficient (Wildman–Crippen LogP) is 5.90. The highest BCUT2D eigenvalue weighted by molar-refractivity contribution is 5.94. The van der Waals surface area contributed by atoms with E-state index in [9.17, 15) is 4.79 Å². The zero-order valence-electron chi connectivity index (χ0n) is 20.1. The molecule has 1 N–H and O–H groups in total. The third kappa shape index (κ3) is 6.05. The maximum Gasteiger partial charge on any atom is 0.251 e. The predicted molar refractivity (Wildman–Crippen MR) is 135 cm³/mol. The van der Waals surface area contributed by atoms with Gasteiger partial charge in [0.1, 0.15) is 0 Å². The molecule has 3 atom stereocenters. The lowest BCUT2D eigenvalue weighted by Crippen LogP contribution is -2.41. The molecule has 0 bridgehead atoms. The van der Waals surface area contributed by atoms with Crippen molar-refractivity contribution in [3.8, 4) is 11.1 Å². The standard InChI is InChI=1S/C29H38N2O2/c1-31(26-17-18-27-25(21-26)11-8-12-28(27)33-2)20-7-6-19-30-29(32)24-15-13-23(14-16-24)22-9-4-3-5-10-22/h3-5,9-10,12-16,25-27H,6-8,11,17-21H2,1-2H3,(H,30,32)/t25?,26-,27+/m1/s1. The molecule has 0 aromatic heterocycles. The van der Waals surface area contributed by atoms with E-state index in [1.54, 1.807) is 0 Å². The van der Waals surface area contributed by atoms with Crippen LogP contribution in [-0.4, -0.2) is 44.1 Å². The average Bonchev–Trinajstić information content (AvgIpc) is 2.88. The molecule has 2 aliphatic carbocycles. The van der Waals surface area contributed by atoms with Gasteiger partial charge in [-0.3, -0.25) is 4.79 Å². The Hall–Kier alpha value is -2.59. The fourth-order valence-corrected chi connectivity index (χ4v) is 5.58. The average molecular weight is 447 g/mol. The van der Waals surface area contributed by atoms with E-state index in [0.29, 0.717) is 12.0 Å². The minimum Gasteiger partial charge on any atom is -0.501 e. The number of nitrogens with one attached hydrogen (secondary N) is 1. The molecule has 4 rings (SSSR count). The zero-order valence-corrected chi connectivity index (χ0v) is 20.1. The number of benzene rings is 2. The van der Waals surface area contributed by atoms with Crippen molar-refractivity contribution < 1.29 is 9.53 Å². The summed E-state index contributed by atoms with van der Waals surface area (Å²) in [6, 6.07) is 18.8. The van der Waals surface area contributed by atoms with Crippen LogP contribution in [0.25, 0.3) is 11.1 Å². The molecule has 1 amide bonds. The van der Waals surface area contributed by atoms with Gasteiger partial charge in [0.15, 0.2) is 0 Å². The van der Waals surface area contributed by atoms with Crippen LogP contribution in [0.2, 0.25) is 0 Å². The second kappa shape index (κ2) is 11.5. The van der Waals surface area contributed by atoms with Gasteiger partial charge < -0.3 is 15.0 Å². The van der Waals surface area contributed by atoms with Gasteiger partial charge in [-0.15, -0.1) is 0 Å². The molecule has 1 fully saturated rings. The van der Waals surface area contributed by atoms with E-state index in [-0.39, 0.29) is 5.91 Å². The van der Waals surface area contributed by atoms with E-state index in [2.05, 4.69) is 35.5 Å². The number of fused-ring (bicyclic) bond motifs is 1. The fourth-order valence-electron chi connectivity index (χ4n) is 5.58. The van der Waals surface area contributed by atoms with Crippen molar-refractivity contribution in [2.45, 2.75) is 51.0 Å². The maximum absolute atomic E-state index is 12.5. The number of hydrogen-bond acceptors (Lipinski definition) is 3. The van der Waals surface area contributed by atoms with Crippen molar-refractivity contribution in [3.05, 3.63) is 72.0 Å². The summed E-state index contributed by atoms with van der Waals surface area (Å²) in [5.74, 6) is 2.67. The van der Waals surface area contributed by atoms with E-state index in [1.807, 2.05) is 49.6 Å². The Kier molecular flexibility index (Phi) is 8.22. The number of carbonyl (C=O) groups excluding carboxylic acids is 1. The normalized spacial score (nSPS) is 22.4. The molecule has 4 heteroatoms. The number of allylic oxidation sites excluding steroid dienone is 2. The van der Waals surface area contributed by atoms with Crippen molar-refractivity contribution in [3.63, 3.8) is 0 Å². The number of carbonyl (C=O) groups is 1. The van der Waals surface area contributed by atoms with Crippen molar-refractivity contribution in [1.82, 2.24) is 10.2 Å². The highest BCUT2D eigenvalue weighted by Crippen LogP contribution is 2.42. The molecule has 0 aliphatic heterocycles. The summed E-state index contributed by atoms with van der Waals surface area (Å²) in [7, 11) is 4.10. The molecule has 0 radical (unpaired) electrons. The number of unbranched alkanes of at least 4 members (excludes halogenated alkanes) is 1. The van der Waals surface area contributed by atoms with Crippen LogP contribution in [0.1, 0.15) is 55.3 Å². The van der Waals surface area contributed by atoms with Crippen LogP contribution in [0.15, 0.2) is 66.4 Å². The molecule has 0 saturated heterocycles. The van der Waals surface area contributed by atoms with Crippen LogP contribution in [0.5, 0.6) is 0 Å². The van der Waals surface area contributed by atoms with Crippen LogP contribution in [0.4, 0.5) is 0 Å². The first-order chi connectivity index (χ1) is 16.2. The smallest absolute Gasteiger partial charge is 0.251 e. The lowest BCUT2D eigenvalue weighted by atomic mass is 9.71. The van der Waals surface area contributed by atoms with Crippen LogP contribution in [-0.2, 0) is 4.74 Å². The lowest BCUT2D eigenvalue weighted by molar-refractivity contribution is 0.0862. The summed E-state index contributed by atoms with van der Waals surface area (Å²) < 4.78 is 5.64. The third-order valence-corrected chi connectivity index (χ3v) is 7.54. The monoisotopic (exact) mass is 446 g/mol. The van der Waals surface area contributed by atoms with Crippen molar-refractivity contribution >= 4 is 5.91 Å². The summed E-state index contributed by atoms with van der Waals surface area (Å²) in [4.78, 5) is 15.0. The molecular weight excluding hydrogens is 408 g/mol. The zero-order chi connectivity index (χ0) is 23.0. The van der Waals surface area contributed by atoms with Gasteiger partial charge in [0.2, 0.25) is 0 Å². The van der Waals surface area contributed by atoms with Gasteiger partial charge in [0, 0.05) is 24.1 Å². The Bertz CT molecular complexity index is 922. The molecule has 2 aromatic rings. The van der Waals surface area contributed by atoms with Gasteiger partial charge in [-0.05, 0) is 93.8 Å². The van der Waals surface area contributed by atoms with E-state index < -0.39 is 0 Å². The van der Waals surface area contributed by atoms with Crippen molar-refractivity contribution in [1.29, 1.82) is 0 Å². The first kappa shape index (κ1) is 23.6. The lowest BCUT2D eigenvalue weighted by Gasteiger charge is -2.42. The molecule has 0 spiro atoms. The second-order valence-corrected chi connectivity index (χ2v) is 9.61. The molecule has 2 aliphatic rings. The summed E-state index contributed by atoms with van der Waals surface area (Å²) >= 11 is 0. The number of amides is 1. The minimum absolute atomic E-state index is 0.0144. The minimum atomic E-state index is 0.0144. The van der Waals surface area contributed by atoms with E-state index >= 15 is 0 Å². The number of rotatable bonds is 9. The first-order valence-electron chi connectivity index (χ1n) is 12.5. The summed E-state index contributed by atoms with van der Waals surface area (Å²) in [5.41, 5.74) is 3.02. The van der Waals surface area contributed by atoms with Crippen LogP contribution in [0.3, 0.4) is 0 Å². The Balaban J connectivity index is 1.15. The number of nitrogens with zero attached hydrogens (tertiary/aromatic N) is 1. The fraction of sp³-hybridized carbons (Fsp3) is 0.483. The van der Waals surface area contributed by atoms with Crippen molar-refractivity contribution in [2.75, 3.05) is 27.2 Å². The van der Waals surface area contributed by atoms with Gasteiger partial charge in [-0.25, -0.2) is 0 Å². The van der Waals surface area contributed by atoms with Crippen LogP contribution < -0.4 is 5.32 Å². The summed E-state index contributed by atoms with van der Waals surface area (Å²) in [6.45, 7) is 1.82. The topological polar surface area (TPSA) is 41.6 Å². The number of methoxy groups -OCH3 is 1. The van der Waals surface area contributed by atoms with Gasteiger partial charge in [0.25, 0.3) is 5.91 Å². The van der Waals surface area contributed by atoms with Crippen molar-refractivity contribution in [2.24, 2.45) is 11.8 Å². The van der Waals surface area contributed by atoms with Gasteiger partial charge in [0.05, 0.1) is 12.9 Å². The van der Waals surface area contributed by atoms with E-state index in [1.165, 1.54) is 37.0 Å². The van der Waals surface area contributed by atoms with Crippen LogP contribution in [0, 0.1) is 11.8 Å². The molecule has 0 heterocycles. The molecule has 4 nitrogen and oxygen atoms in total. The maximum atomic E-state index is 12.5. The highest BCUT2D eigenvalue weighted by atomic mass is 16.5. The molecule has 1 saturated carbocycles. The molecular formula is C29H38N2O2. The number of hydrogen-bond donors (Lipinski definition) is 1. The SMILES string of the molecule is COC1=CCCC2C[C@H](N(C)CCCCNC(=O)c3ccc(-c4ccccc4)cc3)CC[C@H]12. The van der Waals surface area contributed by atoms with Crippen LogP contribution >= 0.6 is 0 Å². The molecule has 176 valence electrons. The Morgan fingerprint density at radius 2 is 1.76 bits per heavy atom. The summed E-state index contributed by atoms with van der Waals surface area (Å²) in [5, 5.41) is 3.08. The van der Waals surface area contributed by atoms with E-state index in [0.717, 1.165) is 49.4 Å². The second-order valence-electron chi connectivity index (χ2n) is 9.61. The number of ether oxygens (including phenoxy) is 1.